The number of hydrogen-bond acceptors (Lipinski definition) is 6. The number of hydrogen-bond donors (Lipinski definition) is 1. The van der Waals surface area contributed by atoms with E-state index in [0.29, 0.717) is 34.4 Å². The van der Waals surface area contributed by atoms with Crippen LogP contribution in [0.3, 0.4) is 0 Å². The molecule has 0 aliphatic heterocycles. The van der Waals surface area contributed by atoms with Gasteiger partial charge in [-0.2, -0.15) is 13.9 Å². The van der Waals surface area contributed by atoms with Crippen LogP contribution in [0.5, 0.6) is 5.75 Å². The first-order chi connectivity index (χ1) is 18.1. The Labute approximate surface area is 216 Å². The van der Waals surface area contributed by atoms with Gasteiger partial charge in [-0.25, -0.2) is 9.97 Å². The largest absolute Gasteiger partial charge is 0.434 e. The van der Waals surface area contributed by atoms with Gasteiger partial charge in [0, 0.05) is 43.0 Å². The Balaban J connectivity index is 1.56. The number of fused-ring (bicyclic) bond motifs is 1. The van der Waals surface area contributed by atoms with E-state index in [0.717, 1.165) is 11.1 Å². The number of alkyl halides is 2. The first kappa shape index (κ1) is 25.3. The minimum atomic E-state index is -2.99. The molecule has 0 fully saturated rings. The van der Waals surface area contributed by atoms with E-state index in [1.165, 1.54) is 10.7 Å². The predicted molar refractivity (Wildman–Crippen MR) is 137 cm³/mol. The van der Waals surface area contributed by atoms with Gasteiger partial charge in [-0.15, -0.1) is 0 Å². The van der Waals surface area contributed by atoms with E-state index in [2.05, 4.69) is 15.1 Å². The molecule has 38 heavy (non-hydrogen) atoms. The summed E-state index contributed by atoms with van der Waals surface area (Å²) in [6.45, 7) is 0.779. The predicted octanol–water partition coefficient (Wildman–Crippen LogP) is 3.92. The van der Waals surface area contributed by atoms with Gasteiger partial charge in [-0.05, 0) is 55.3 Å². The molecule has 2 aromatic carbocycles. The highest BCUT2D eigenvalue weighted by molar-refractivity contribution is 5.84. The third-order valence-corrected chi connectivity index (χ3v) is 6.26. The third-order valence-electron chi connectivity index (χ3n) is 6.26. The molecule has 1 N–H and O–H groups in total. The molecule has 0 saturated carbocycles. The van der Waals surface area contributed by atoms with Crippen molar-refractivity contribution < 1.29 is 18.6 Å². The number of nitrogens with zero attached hydrogens (tertiary/aromatic N) is 6. The molecule has 9 nitrogen and oxygen atoms in total. The van der Waals surface area contributed by atoms with Crippen LogP contribution in [0.1, 0.15) is 30.8 Å². The van der Waals surface area contributed by atoms with Crippen molar-refractivity contribution in [2.24, 2.45) is 7.05 Å². The van der Waals surface area contributed by atoms with E-state index in [9.17, 15) is 18.7 Å². The van der Waals surface area contributed by atoms with Gasteiger partial charge in [0.1, 0.15) is 11.4 Å². The summed E-state index contributed by atoms with van der Waals surface area (Å²) in [5, 5.41) is 14.8. The van der Waals surface area contributed by atoms with E-state index in [-0.39, 0.29) is 17.9 Å². The summed E-state index contributed by atoms with van der Waals surface area (Å²) in [7, 11) is 1.63. The fraction of sp³-hybridized carbons (Fsp3) is 0.259. The fourth-order valence-electron chi connectivity index (χ4n) is 4.34. The number of halogens is 2. The minimum absolute atomic E-state index is 0.0327. The second kappa shape index (κ2) is 9.82. The summed E-state index contributed by atoms with van der Waals surface area (Å²) in [6, 6.07) is 12.2. The zero-order valence-corrected chi connectivity index (χ0v) is 21.0. The number of aromatic nitrogens is 6. The van der Waals surface area contributed by atoms with Gasteiger partial charge in [0.25, 0.3) is 5.56 Å². The lowest BCUT2D eigenvalue weighted by molar-refractivity contribution is -0.0505. The number of rotatable bonds is 8. The van der Waals surface area contributed by atoms with Crippen molar-refractivity contribution in [3.8, 4) is 16.9 Å². The molecule has 0 spiro atoms. The van der Waals surface area contributed by atoms with Gasteiger partial charge in [0.2, 0.25) is 0 Å². The van der Waals surface area contributed by atoms with E-state index in [1.54, 1.807) is 79.2 Å². The Bertz CT molecular complexity index is 1630. The monoisotopic (exact) mass is 520 g/mol. The van der Waals surface area contributed by atoms with Crippen LogP contribution in [0.4, 0.5) is 8.78 Å². The van der Waals surface area contributed by atoms with Crippen molar-refractivity contribution >= 4 is 10.9 Å². The third kappa shape index (κ3) is 5.05. The Morgan fingerprint density at radius 2 is 1.82 bits per heavy atom. The minimum Gasteiger partial charge on any atom is -0.434 e. The molecule has 0 radical (unpaired) electrons. The lowest BCUT2D eigenvalue weighted by Gasteiger charge is -2.16. The van der Waals surface area contributed by atoms with Crippen LogP contribution in [0.15, 0.2) is 72.0 Å². The van der Waals surface area contributed by atoms with Crippen LogP contribution in [0.2, 0.25) is 0 Å². The summed E-state index contributed by atoms with van der Waals surface area (Å²) >= 11 is 0. The molecule has 0 bridgehead atoms. The van der Waals surface area contributed by atoms with Crippen LogP contribution in [0, 0.1) is 0 Å². The molecule has 5 rings (SSSR count). The van der Waals surface area contributed by atoms with E-state index in [4.69, 9.17) is 4.74 Å². The average molecular weight is 521 g/mol. The number of ether oxygens (including phenoxy) is 1. The standard InChI is InChI=1S/C27H26F2N6O3/c1-27(2,37)25-30-13-20(14-31-25)18-6-7-21-22(12-18)35(33(3)24(21)36)16-19-11-17(15-34-10-4-9-32-34)5-8-23(19)38-26(28)29/h4-14,26,37H,15-16H2,1-3H3. The molecule has 0 unspecified atom stereocenters. The van der Waals surface area contributed by atoms with Crippen LogP contribution in [-0.2, 0) is 25.7 Å². The van der Waals surface area contributed by atoms with Crippen molar-refractivity contribution in [1.82, 2.24) is 29.1 Å². The molecular formula is C27H26F2N6O3. The molecule has 3 aromatic heterocycles. The summed E-state index contributed by atoms with van der Waals surface area (Å²) in [5.74, 6) is 0.325. The molecule has 0 aliphatic rings. The van der Waals surface area contributed by atoms with Gasteiger partial charge in [-0.3, -0.25) is 18.8 Å². The van der Waals surface area contributed by atoms with Crippen molar-refractivity contribution in [2.45, 2.75) is 39.1 Å². The van der Waals surface area contributed by atoms with Gasteiger partial charge in [0.15, 0.2) is 5.82 Å². The molecule has 5 aromatic rings. The summed E-state index contributed by atoms with van der Waals surface area (Å²) in [6.07, 6.45) is 6.70. The van der Waals surface area contributed by atoms with E-state index < -0.39 is 12.2 Å². The van der Waals surface area contributed by atoms with E-state index in [1.807, 2.05) is 12.3 Å². The Morgan fingerprint density at radius 3 is 2.47 bits per heavy atom. The molecular weight excluding hydrogens is 494 g/mol. The zero-order valence-electron chi connectivity index (χ0n) is 21.0. The highest BCUT2D eigenvalue weighted by Gasteiger charge is 2.20. The Kier molecular flexibility index (Phi) is 6.53. The Morgan fingerprint density at radius 1 is 1.05 bits per heavy atom. The maximum Gasteiger partial charge on any atom is 0.387 e. The molecule has 3 heterocycles. The quantitative estimate of drug-likeness (QED) is 0.333. The van der Waals surface area contributed by atoms with Crippen molar-refractivity contribution in [1.29, 1.82) is 0 Å². The van der Waals surface area contributed by atoms with Crippen LogP contribution < -0.4 is 10.3 Å². The van der Waals surface area contributed by atoms with Gasteiger partial charge in [0.05, 0.1) is 24.0 Å². The van der Waals surface area contributed by atoms with Crippen molar-refractivity contribution in [2.75, 3.05) is 0 Å². The molecule has 196 valence electrons. The van der Waals surface area contributed by atoms with Gasteiger partial charge >= 0.3 is 6.61 Å². The molecule has 0 atom stereocenters. The lowest BCUT2D eigenvalue weighted by Crippen LogP contribution is -2.20. The number of benzene rings is 2. The lowest BCUT2D eigenvalue weighted by atomic mass is 10.1. The SMILES string of the molecule is Cn1c(=O)c2ccc(-c3cnc(C(C)(C)O)nc3)cc2n1Cc1cc(Cn2cccn2)ccc1OC(F)F. The summed E-state index contributed by atoms with van der Waals surface area (Å²) < 4.78 is 36.1. The van der Waals surface area contributed by atoms with Crippen molar-refractivity contribution in [3.63, 3.8) is 0 Å². The van der Waals surface area contributed by atoms with Crippen LogP contribution >= 0.6 is 0 Å². The summed E-state index contributed by atoms with van der Waals surface area (Å²) in [4.78, 5) is 21.5. The fourth-order valence-corrected chi connectivity index (χ4v) is 4.34. The highest BCUT2D eigenvalue weighted by atomic mass is 19.3. The molecule has 0 aliphatic carbocycles. The number of aliphatic hydroxyl groups is 1. The normalized spacial score (nSPS) is 12.0. The Hall–Kier alpha value is -4.38. The smallest absolute Gasteiger partial charge is 0.387 e. The first-order valence-corrected chi connectivity index (χ1v) is 11.9. The van der Waals surface area contributed by atoms with Crippen LogP contribution in [0.25, 0.3) is 22.0 Å². The van der Waals surface area contributed by atoms with E-state index >= 15 is 0 Å². The maximum atomic E-state index is 13.2. The van der Waals surface area contributed by atoms with Crippen LogP contribution in [-0.4, -0.2) is 40.8 Å². The zero-order chi connectivity index (χ0) is 27.0. The topological polar surface area (TPSA) is 100.0 Å². The maximum absolute atomic E-state index is 13.2. The average Bonchev–Trinajstić information content (AvgIpc) is 3.47. The molecule has 0 amide bonds. The second-order valence-electron chi connectivity index (χ2n) is 9.50. The van der Waals surface area contributed by atoms with Gasteiger partial charge in [-0.1, -0.05) is 12.1 Å². The van der Waals surface area contributed by atoms with Gasteiger partial charge < -0.3 is 9.84 Å². The second-order valence-corrected chi connectivity index (χ2v) is 9.50. The van der Waals surface area contributed by atoms with Crippen molar-refractivity contribution in [3.05, 3.63) is 94.6 Å². The summed E-state index contributed by atoms with van der Waals surface area (Å²) in [5.41, 5.74) is 2.02. The molecule has 0 saturated heterocycles. The highest BCUT2D eigenvalue weighted by Crippen LogP contribution is 2.27. The molecule has 11 heteroatoms. The first-order valence-electron chi connectivity index (χ1n) is 11.9.